The number of carbonyl (C=O) groups is 3. The van der Waals surface area contributed by atoms with E-state index in [4.69, 9.17) is 11.5 Å². The SMILES string of the molecule is NC(=O)CC(N)C(=O)Nc1cccc(N2CCNC2=O)c1. The third-order valence-electron chi connectivity index (χ3n) is 3.04. The monoisotopic (exact) mass is 291 g/mol. The number of carbonyl (C=O) groups excluding carboxylic acids is 3. The van der Waals surface area contributed by atoms with E-state index in [0.717, 1.165) is 0 Å². The summed E-state index contributed by atoms with van der Waals surface area (Å²) in [6.45, 7) is 1.15. The van der Waals surface area contributed by atoms with E-state index in [1.165, 1.54) is 0 Å². The molecule has 1 unspecified atom stereocenters. The van der Waals surface area contributed by atoms with Gasteiger partial charge in [0.1, 0.15) is 0 Å². The van der Waals surface area contributed by atoms with Gasteiger partial charge < -0.3 is 22.1 Å². The number of urea groups is 1. The number of nitrogens with one attached hydrogen (secondary N) is 2. The van der Waals surface area contributed by atoms with E-state index >= 15 is 0 Å². The van der Waals surface area contributed by atoms with Gasteiger partial charge in [0.15, 0.2) is 0 Å². The van der Waals surface area contributed by atoms with Crippen molar-refractivity contribution in [1.29, 1.82) is 0 Å². The smallest absolute Gasteiger partial charge is 0.321 e. The van der Waals surface area contributed by atoms with Gasteiger partial charge >= 0.3 is 6.03 Å². The molecule has 2 rings (SSSR count). The fourth-order valence-electron chi connectivity index (χ4n) is 2.01. The second-order valence-electron chi connectivity index (χ2n) is 4.70. The number of rotatable bonds is 5. The fourth-order valence-corrected chi connectivity index (χ4v) is 2.01. The van der Waals surface area contributed by atoms with Crippen LogP contribution in [0.5, 0.6) is 0 Å². The van der Waals surface area contributed by atoms with Crippen LogP contribution in [0.25, 0.3) is 0 Å². The molecule has 1 aromatic rings. The van der Waals surface area contributed by atoms with E-state index in [1.54, 1.807) is 29.2 Å². The lowest BCUT2D eigenvalue weighted by molar-refractivity contribution is -0.123. The Bertz CT molecular complexity index is 575. The molecule has 1 aliphatic rings. The molecule has 1 saturated heterocycles. The van der Waals surface area contributed by atoms with Crippen LogP contribution in [0, 0.1) is 0 Å². The first kappa shape index (κ1) is 14.8. The second kappa shape index (κ2) is 6.23. The van der Waals surface area contributed by atoms with Crippen LogP contribution in [0.4, 0.5) is 16.2 Å². The minimum Gasteiger partial charge on any atom is -0.370 e. The third-order valence-corrected chi connectivity index (χ3v) is 3.04. The lowest BCUT2D eigenvalue weighted by Gasteiger charge is -2.16. The van der Waals surface area contributed by atoms with Crippen molar-refractivity contribution in [1.82, 2.24) is 5.32 Å². The van der Waals surface area contributed by atoms with Crippen molar-refractivity contribution in [3.8, 4) is 0 Å². The number of nitrogens with two attached hydrogens (primary N) is 2. The highest BCUT2D eigenvalue weighted by Gasteiger charge is 2.21. The average Bonchev–Trinajstić information content (AvgIpc) is 2.84. The van der Waals surface area contributed by atoms with E-state index in [0.29, 0.717) is 24.5 Å². The van der Waals surface area contributed by atoms with Crippen molar-refractivity contribution in [2.75, 3.05) is 23.3 Å². The van der Waals surface area contributed by atoms with Crippen LogP contribution in [0.2, 0.25) is 0 Å². The van der Waals surface area contributed by atoms with E-state index < -0.39 is 17.9 Å². The van der Waals surface area contributed by atoms with Crippen molar-refractivity contribution in [3.63, 3.8) is 0 Å². The van der Waals surface area contributed by atoms with Crippen LogP contribution in [-0.4, -0.2) is 37.0 Å². The Hall–Kier alpha value is -2.61. The maximum Gasteiger partial charge on any atom is 0.321 e. The summed E-state index contributed by atoms with van der Waals surface area (Å²) in [6.07, 6.45) is -0.222. The van der Waals surface area contributed by atoms with Gasteiger partial charge in [0.2, 0.25) is 11.8 Å². The summed E-state index contributed by atoms with van der Waals surface area (Å²) in [4.78, 5) is 35.7. The van der Waals surface area contributed by atoms with Gasteiger partial charge in [-0.2, -0.15) is 0 Å². The van der Waals surface area contributed by atoms with Crippen molar-refractivity contribution in [3.05, 3.63) is 24.3 Å². The van der Waals surface area contributed by atoms with Gasteiger partial charge in [-0.25, -0.2) is 4.79 Å². The number of anilines is 2. The normalized spacial score (nSPS) is 15.5. The Labute approximate surface area is 121 Å². The molecule has 0 radical (unpaired) electrons. The molecular weight excluding hydrogens is 274 g/mol. The van der Waals surface area contributed by atoms with Gasteiger partial charge in [0.25, 0.3) is 0 Å². The Morgan fingerprint density at radius 1 is 1.43 bits per heavy atom. The maximum absolute atomic E-state index is 11.8. The summed E-state index contributed by atoms with van der Waals surface area (Å²) in [7, 11) is 0. The lowest BCUT2D eigenvalue weighted by atomic mass is 10.2. The van der Waals surface area contributed by atoms with Crippen LogP contribution in [-0.2, 0) is 9.59 Å². The Morgan fingerprint density at radius 3 is 2.81 bits per heavy atom. The molecule has 0 aliphatic carbocycles. The highest BCUT2D eigenvalue weighted by atomic mass is 16.2. The van der Waals surface area contributed by atoms with Crippen LogP contribution in [0.15, 0.2) is 24.3 Å². The standard InChI is InChI=1S/C13H17N5O3/c14-10(7-11(15)19)12(20)17-8-2-1-3-9(6-8)18-5-4-16-13(18)21/h1-3,6,10H,4-5,7,14H2,(H2,15,19)(H,16,21)(H,17,20). The van der Waals surface area contributed by atoms with Gasteiger partial charge in [-0.05, 0) is 18.2 Å². The largest absolute Gasteiger partial charge is 0.370 e. The zero-order valence-corrected chi connectivity index (χ0v) is 11.3. The molecule has 0 spiro atoms. The average molecular weight is 291 g/mol. The quantitative estimate of drug-likeness (QED) is 0.574. The van der Waals surface area contributed by atoms with Gasteiger partial charge in [0, 0.05) is 24.5 Å². The predicted octanol–water partition coefficient (Wildman–Crippen LogP) is -0.643. The Morgan fingerprint density at radius 2 is 2.19 bits per heavy atom. The van der Waals surface area contributed by atoms with Gasteiger partial charge in [-0.1, -0.05) is 6.07 Å². The Kier molecular flexibility index (Phi) is 4.39. The molecule has 0 saturated carbocycles. The van der Waals surface area contributed by atoms with Gasteiger partial charge in [-0.15, -0.1) is 0 Å². The third kappa shape index (κ3) is 3.69. The molecule has 1 atom stereocenters. The molecule has 8 heteroatoms. The minimum atomic E-state index is -0.999. The number of benzene rings is 1. The topological polar surface area (TPSA) is 131 Å². The molecule has 6 N–H and O–H groups in total. The van der Waals surface area contributed by atoms with Gasteiger partial charge in [-0.3, -0.25) is 14.5 Å². The summed E-state index contributed by atoms with van der Waals surface area (Å²) < 4.78 is 0. The highest BCUT2D eigenvalue weighted by molar-refractivity contribution is 5.98. The van der Waals surface area contributed by atoms with Crippen molar-refractivity contribution in [2.24, 2.45) is 11.5 Å². The first-order valence-corrected chi connectivity index (χ1v) is 6.47. The molecule has 0 aromatic heterocycles. The molecule has 8 nitrogen and oxygen atoms in total. The minimum absolute atomic E-state index is 0.177. The molecule has 1 aromatic carbocycles. The summed E-state index contributed by atoms with van der Waals surface area (Å²) in [5.41, 5.74) is 11.7. The van der Waals surface area contributed by atoms with E-state index in [1.807, 2.05) is 0 Å². The number of amides is 4. The second-order valence-corrected chi connectivity index (χ2v) is 4.70. The molecule has 112 valence electrons. The van der Waals surface area contributed by atoms with E-state index in [2.05, 4.69) is 10.6 Å². The summed E-state index contributed by atoms with van der Waals surface area (Å²) in [5, 5.41) is 5.29. The maximum atomic E-state index is 11.8. The Balaban J connectivity index is 2.06. The number of hydrogen-bond donors (Lipinski definition) is 4. The first-order chi connectivity index (χ1) is 9.97. The predicted molar refractivity (Wildman–Crippen MR) is 77.6 cm³/mol. The lowest BCUT2D eigenvalue weighted by Crippen LogP contribution is -2.39. The van der Waals surface area contributed by atoms with E-state index in [-0.39, 0.29) is 12.5 Å². The zero-order chi connectivity index (χ0) is 15.4. The molecule has 1 heterocycles. The molecule has 4 amide bonds. The summed E-state index contributed by atoms with van der Waals surface area (Å²) in [6, 6.07) is 5.65. The highest BCUT2D eigenvalue weighted by Crippen LogP contribution is 2.21. The molecule has 1 aliphatic heterocycles. The van der Waals surface area contributed by atoms with Crippen molar-refractivity contribution in [2.45, 2.75) is 12.5 Å². The van der Waals surface area contributed by atoms with Crippen molar-refractivity contribution >= 4 is 29.2 Å². The molecular formula is C13H17N5O3. The summed E-state index contributed by atoms with van der Waals surface area (Å²) in [5.74, 6) is -1.14. The van der Waals surface area contributed by atoms with Crippen LogP contribution in [0.1, 0.15) is 6.42 Å². The van der Waals surface area contributed by atoms with E-state index in [9.17, 15) is 14.4 Å². The zero-order valence-electron chi connectivity index (χ0n) is 11.3. The van der Waals surface area contributed by atoms with Gasteiger partial charge in [0.05, 0.1) is 12.5 Å². The number of hydrogen-bond acceptors (Lipinski definition) is 4. The fraction of sp³-hybridized carbons (Fsp3) is 0.308. The number of nitrogens with zero attached hydrogens (tertiary/aromatic N) is 1. The van der Waals surface area contributed by atoms with Crippen LogP contribution in [0.3, 0.4) is 0 Å². The number of primary amides is 1. The van der Waals surface area contributed by atoms with Crippen LogP contribution >= 0.6 is 0 Å². The summed E-state index contributed by atoms with van der Waals surface area (Å²) >= 11 is 0. The van der Waals surface area contributed by atoms with Crippen LogP contribution < -0.4 is 27.0 Å². The van der Waals surface area contributed by atoms with Crippen molar-refractivity contribution < 1.29 is 14.4 Å². The first-order valence-electron chi connectivity index (χ1n) is 6.47. The molecule has 1 fully saturated rings. The molecule has 0 bridgehead atoms. The molecule has 21 heavy (non-hydrogen) atoms.